The van der Waals surface area contributed by atoms with Gasteiger partial charge < -0.3 is 25.2 Å². The Bertz CT molecular complexity index is 980. The molecule has 0 radical (unpaired) electrons. The zero-order valence-electron chi connectivity index (χ0n) is 16.7. The van der Waals surface area contributed by atoms with E-state index < -0.39 is 18.2 Å². The minimum absolute atomic E-state index is 0.0516. The van der Waals surface area contributed by atoms with E-state index in [1.54, 1.807) is 30.3 Å². The second-order valence-corrected chi connectivity index (χ2v) is 7.38. The molecule has 9 nitrogen and oxygen atoms in total. The first-order valence-corrected chi connectivity index (χ1v) is 10.0. The number of carbonyl (C=O) groups is 3. The number of hydrogen-bond donors (Lipinski definition) is 3. The first-order chi connectivity index (χ1) is 15.0. The number of aliphatic hydroxyl groups excluding tert-OH is 1. The Morgan fingerprint density at radius 3 is 2.74 bits per heavy atom. The molecule has 1 saturated heterocycles. The van der Waals surface area contributed by atoms with Gasteiger partial charge in [0.2, 0.25) is 12.7 Å². The number of aliphatic hydroxyl groups is 1. The molecule has 0 saturated carbocycles. The molecule has 2 aromatic rings. The van der Waals surface area contributed by atoms with Gasteiger partial charge in [0.15, 0.2) is 11.5 Å². The molecule has 0 aromatic heterocycles. The third-order valence-corrected chi connectivity index (χ3v) is 5.22. The molecule has 4 amide bonds. The van der Waals surface area contributed by atoms with Crippen LogP contribution in [0, 0.1) is 0 Å². The Labute approximate surface area is 178 Å². The van der Waals surface area contributed by atoms with Crippen LogP contribution in [-0.4, -0.2) is 47.2 Å². The van der Waals surface area contributed by atoms with Crippen LogP contribution >= 0.6 is 0 Å². The monoisotopic (exact) mass is 425 g/mol. The molecule has 0 unspecified atom stereocenters. The third-order valence-electron chi connectivity index (χ3n) is 5.22. The Morgan fingerprint density at radius 1 is 1.16 bits per heavy atom. The quantitative estimate of drug-likeness (QED) is 0.552. The molecule has 0 aliphatic carbocycles. The van der Waals surface area contributed by atoms with E-state index in [4.69, 9.17) is 9.47 Å². The molecule has 4 rings (SSSR count). The number of urea groups is 1. The number of carbonyl (C=O) groups excluding carboxylic acids is 3. The lowest BCUT2D eigenvalue weighted by atomic mass is 10.1. The third kappa shape index (κ3) is 4.77. The molecule has 2 aromatic carbocycles. The number of nitrogens with one attached hydrogen (secondary N) is 2. The summed E-state index contributed by atoms with van der Waals surface area (Å²) >= 11 is 0. The Morgan fingerprint density at radius 2 is 1.94 bits per heavy atom. The molecular formula is C22H23N3O6. The summed E-state index contributed by atoms with van der Waals surface area (Å²) in [5.74, 6) is 0.531. The van der Waals surface area contributed by atoms with Crippen LogP contribution in [0.1, 0.15) is 30.1 Å². The fraction of sp³-hybridized carbons (Fsp3) is 0.318. The van der Waals surface area contributed by atoms with Crippen molar-refractivity contribution < 1.29 is 29.0 Å². The van der Waals surface area contributed by atoms with Crippen molar-refractivity contribution in [2.45, 2.75) is 31.5 Å². The van der Waals surface area contributed by atoms with Crippen molar-refractivity contribution in [2.75, 3.05) is 13.3 Å². The summed E-state index contributed by atoms with van der Waals surface area (Å²) in [6.45, 7) is 0.325. The number of fused-ring (bicyclic) bond motifs is 1. The van der Waals surface area contributed by atoms with Crippen LogP contribution in [0.3, 0.4) is 0 Å². The molecule has 2 atom stereocenters. The summed E-state index contributed by atoms with van der Waals surface area (Å²) in [6.07, 6.45) is -0.582. The molecule has 1 fully saturated rings. The second kappa shape index (κ2) is 9.05. The van der Waals surface area contributed by atoms with Gasteiger partial charge in [-0.05, 0) is 29.7 Å². The Kier molecular flexibility index (Phi) is 6.03. The van der Waals surface area contributed by atoms with E-state index in [0.717, 1.165) is 10.5 Å². The molecule has 2 aliphatic heterocycles. The summed E-state index contributed by atoms with van der Waals surface area (Å²) in [4.78, 5) is 38.1. The van der Waals surface area contributed by atoms with Crippen LogP contribution in [0.4, 0.5) is 4.79 Å². The lowest BCUT2D eigenvalue weighted by molar-refractivity contribution is -0.128. The van der Waals surface area contributed by atoms with E-state index in [-0.39, 0.29) is 44.5 Å². The highest BCUT2D eigenvalue weighted by Gasteiger charge is 2.38. The van der Waals surface area contributed by atoms with Crippen molar-refractivity contribution in [1.82, 2.24) is 15.5 Å². The molecule has 3 N–H and O–H groups in total. The summed E-state index contributed by atoms with van der Waals surface area (Å²) in [5.41, 5.74) is 1.45. The smallest absolute Gasteiger partial charge is 0.325 e. The zero-order chi connectivity index (χ0) is 21.8. The van der Waals surface area contributed by atoms with E-state index in [0.29, 0.717) is 17.1 Å². The van der Waals surface area contributed by atoms with Gasteiger partial charge in [0.05, 0.1) is 12.6 Å². The maximum absolute atomic E-state index is 12.6. The fourth-order valence-corrected chi connectivity index (χ4v) is 3.51. The van der Waals surface area contributed by atoms with Crippen LogP contribution in [0.25, 0.3) is 0 Å². The van der Waals surface area contributed by atoms with Gasteiger partial charge in [-0.15, -0.1) is 0 Å². The SMILES string of the molecule is O=C(CC[C@H]1NC(=O)N(Cc2ccc3c(c2)OCO3)C1=O)NC[C@H](O)c1ccccc1. The highest BCUT2D eigenvalue weighted by molar-refractivity contribution is 6.04. The number of benzene rings is 2. The average Bonchev–Trinajstić information content (AvgIpc) is 3.36. The average molecular weight is 425 g/mol. The molecule has 2 heterocycles. The Hall–Kier alpha value is -3.59. The Balaban J connectivity index is 1.25. The van der Waals surface area contributed by atoms with Crippen molar-refractivity contribution in [1.29, 1.82) is 0 Å². The van der Waals surface area contributed by atoms with Crippen LogP contribution in [-0.2, 0) is 16.1 Å². The number of ether oxygens (including phenoxy) is 2. The van der Waals surface area contributed by atoms with Gasteiger partial charge >= 0.3 is 6.03 Å². The maximum Gasteiger partial charge on any atom is 0.325 e. The normalized spacial score (nSPS) is 18.1. The molecule has 0 bridgehead atoms. The molecule has 9 heteroatoms. The van der Waals surface area contributed by atoms with Crippen LogP contribution in [0.2, 0.25) is 0 Å². The predicted octanol–water partition coefficient (Wildman–Crippen LogP) is 1.47. The van der Waals surface area contributed by atoms with Gasteiger partial charge in [-0.25, -0.2) is 4.79 Å². The summed E-state index contributed by atoms with van der Waals surface area (Å²) < 4.78 is 10.6. The van der Waals surface area contributed by atoms with E-state index >= 15 is 0 Å². The summed E-state index contributed by atoms with van der Waals surface area (Å²) in [6, 6.07) is 13.0. The largest absolute Gasteiger partial charge is 0.454 e. The number of hydrogen-bond acceptors (Lipinski definition) is 6. The lowest BCUT2D eigenvalue weighted by Gasteiger charge is -2.14. The van der Waals surface area contributed by atoms with Gasteiger partial charge in [0.1, 0.15) is 6.04 Å². The van der Waals surface area contributed by atoms with Crippen molar-refractivity contribution in [3.8, 4) is 11.5 Å². The lowest BCUT2D eigenvalue weighted by Crippen LogP contribution is -2.33. The van der Waals surface area contributed by atoms with Gasteiger partial charge in [0, 0.05) is 13.0 Å². The minimum Gasteiger partial charge on any atom is -0.454 e. The first kappa shape index (κ1) is 20.7. The van der Waals surface area contributed by atoms with Gasteiger partial charge in [0.25, 0.3) is 5.91 Å². The van der Waals surface area contributed by atoms with E-state index in [1.165, 1.54) is 0 Å². The molecule has 162 valence electrons. The van der Waals surface area contributed by atoms with E-state index in [1.807, 2.05) is 18.2 Å². The van der Waals surface area contributed by atoms with Gasteiger partial charge in [-0.3, -0.25) is 14.5 Å². The van der Waals surface area contributed by atoms with Crippen molar-refractivity contribution in [3.63, 3.8) is 0 Å². The first-order valence-electron chi connectivity index (χ1n) is 10.0. The van der Waals surface area contributed by atoms with Crippen molar-refractivity contribution in [3.05, 3.63) is 59.7 Å². The molecular weight excluding hydrogens is 402 g/mol. The standard InChI is InChI=1S/C22H23N3O6/c26-17(15-4-2-1-3-5-15)11-23-20(27)9-7-16-21(28)25(22(29)24-16)12-14-6-8-18-19(10-14)31-13-30-18/h1-6,8,10,16-17,26H,7,9,11-13H2,(H,23,27)(H,24,29)/t16-,17+/m1/s1. The van der Waals surface area contributed by atoms with Gasteiger partial charge in [-0.1, -0.05) is 36.4 Å². The highest BCUT2D eigenvalue weighted by atomic mass is 16.7. The number of amides is 4. The highest BCUT2D eigenvalue weighted by Crippen LogP contribution is 2.33. The maximum atomic E-state index is 12.6. The predicted molar refractivity (Wildman–Crippen MR) is 109 cm³/mol. The minimum atomic E-state index is -0.810. The second-order valence-electron chi connectivity index (χ2n) is 7.38. The molecule has 2 aliphatic rings. The van der Waals surface area contributed by atoms with Gasteiger partial charge in [-0.2, -0.15) is 0 Å². The van der Waals surface area contributed by atoms with Crippen molar-refractivity contribution in [2.24, 2.45) is 0 Å². The number of imide groups is 1. The zero-order valence-corrected chi connectivity index (χ0v) is 16.7. The summed E-state index contributed by atoms with van der Waals surface area (Å²) in [5, 5.41) is 15.4. The van der Waals surface area contributed by atoms with Crippen LogP contribution in [0.15, 0.2) is 48.5 Å². The van der Waals surface area contributed by atoms with E-state index in [9.17, 15) is 19.5 Å². The number of rotatable bonds is 8. The topological polar surface area (TPSA) is 117 Å². The fourth-order valence-electron chi connectivity index (χ4n) is 3.51. The van der Waals surface area contributed by atoms with Crippen LogP contribution < -0.4 is 20.1 Å². The number of nitrogens with zero attached hydrogens (tertiary/aromatic N) is 1. The van der Waals surface area contributed by atoms with Crippen molar-refractivity contribution >= 4 is 17.8 Å². The summed E-state index contributed by atoms with van der Waals surface area (Å²) in [7, 11) is 0. The van der Waals surface area contributed by atoms with Crippen LogP contribution in [0.5, 0.6) is 11.5 Å². The van der Waals surface area contributed by atoms with E-state index in [2.05, 4.69) is 10.6 Å². The molecule has 31 heavy (non-hydrogen) atoms. The molecule has 0 spiro atoms.